The van der Waals surface area contributed by atoms with Gasteiger partial charge >= 0.3 is 12.0 Å². The van der Waals surface area contributed by atoms with Gasteiger partial charge in [-0.15, -0.1) is 0 Å². The van der Waals surface area contributed by atoms with E-state index in [4.69, 9.17) is 10.5 Å². The molecule has 2 rings (SSSR count). The smallest absolute Gasteiger partial charge is 0.343 e. The minimum atomic E-state index is -0.766. The lowest BCUT2D eigenvalue weighted by Crippen LogP contribution is -2.23. The van der Waals surface area contributed by atoms with Crippen molar-refractivity contribution < 1.29 is 14.3 Å². The first-order chi connectivity index (χ1) is 12.0. The van der Waals surface area contributed by atoms with E-state index >= 15 is 0 Å². The highest BCUT2D eigenvalue weighted by Crippen LogP contribution is 2.23. The third-order valence-electron chi connectivity index (χ3n) is 2.73. The van der Waals surface area contributed by atoms with Crippen LogP contribution in [0.5, 0.6) is 0 Å². The van der Waals surface area contributed by atoms with E-state index in [2.05, 4.69) is 24.3 Å². The number of carbonyl (C=O) groups excluding carboxylic acids is 2. The van der Waals surface area contributed by atoms with Crippen molar-refractivity contribution in [1.29, 1.82) is 0 Å². The highest BCUT2D eigenvalue weighted by molar-refractivity contribution is 6.00. The van der Waals surface area contributed by atoms with Crippen LogP contribution in [0.3, 0.4) is 0 Å². The zero-order valence-corrected chi connectivity index (χ0v) is 15.8. The summed E-state index contributed by atoms with van der Waals surface area (Å²) in [5.41, 5.74) is 6.09. The molecule has 0 aromatic carbocycles. The fourth-order valence-corrected chi connectivity index (χ4v) is 1.90. The molecule has 1 aliphatic carbocycles. The number of hydrogen-bond donors (Lipinski definition) is 2. The first kappa shape index (κ1) is 22.4. The van der Waals surface area contributed by atoms with Gasteiger partial charge in [-0.25, -0.2) is 14.3 Å². The van der Waals surface area contributed by atoms with E-state index in [0.29, 0.717) is 0 Å². The Hall–Kier alpha value is -2.57. The molecule has 0 radical (unpaired) electrons. The maximum Gasteiger partial charge on any atom is 0.343 e. The number of nitrogens with one attached hydrogen (secondary N) is 1. The Morgan fingerprint density at radius 3 is 2.40 bits per heavy atom. The molecule has 3 N–H and O–H groups in total. The Morgan fingerprint density at radius 1 is 1.28 bits per heavy atom. The average Bonchev–Trinajstić information content (AvgIpc) is 3.01. The van der Waals surface area contributed by atoms with Gasteiger partial charge in [0.1, 0.15) is 5.56 Å². The van der Waals surface area contributed by atoms with Gasteiger partial charge in [0.2, 0.25) is 0 Å². The second kappa shape index (κ2) is 12.8. The van der Waals surface area contributed by atoms with Crippen LogP contribution in [0.2, 0.25) is 0 Å². The van der Waals surface area contributed by atoms with Gasteiger partial charge in [0.25, 0.3) is 0 Å². The maximum atomic E-state index is 11.8. The van der Waals surface area contributed by atoms with Crippen molar-refractivity contribution in [1.82, 2.24) is 9.78 Å². The van der Waals surface area contributed by atoms with Gasteiger partial charge in [-0.3, -0.25) is 5.32 Å². The Bertz CT molecular complexity index is 603. The number of nitrogens with two attached hydrogens (primary N) is 1. The van der Waals surface area contributed by atoms with Crippen LogP contribution in [-0.2, 0) is 4.74 Å². The Kier molecular flexibility index (Phi) is 11.5. The predicted octanol–water partition coefficient (Wildman–Crippen LogP) is 4.18. The fraction of sp³-hybridized carbons (Fsp3) is 0.500. The normalized spacial score (nSPS) is 12.0. The predicted molar refractivity (Wildman–Crippen MR) is 101 cm³/mol. The number of esters is 1. The monoisotopic (exact) mass is 350 g/mol. The molecule has 140 valence electrons. The molecule has 7 nitrogen and oxygen atoms in total. The average molecular weight is 350 g/mol. The number of amides is 2. The number of rotatable bonds is 4. The highest BCUT2D eigenvalue weighted by Gasteiger charge is 2.21. The number of anilines is 1. The molecular formula is C18H30N4O3. The lowest BCUT2D eigenvalue weighted by atomic mass is 10.1. The SMILES string of the molecule is CC.CCC.CCOC(=O)c1cnn(C2=CCCC=C2)c1NC(N)=O. The Morgan fingerprint density at radius 2 is 1.92 bits per heavy atom. The first-order valence-corrected chi connectivity index (χ1v) is 8.73. The van der Waals surface area contributed by atoms with Gasteiger partial charge in [0.05, 0.1) is 18.5 Å². The Balaban J connectivity index is 0.00000104. The summed E-state index contributed by atoms with van der Waals surface area (Å²) in [6, 6.07) is -0.766. The number of hydrogen-bond acceptors (Lipinski definition) is 4. The number of ether oxygens (including phenoxy) is 1. The minimum Gasteiger partial charge on any atom is -0.462 e. The third-order valence-corrected chi connectivity index (χ3v) is 2.73. The largest absolute Gasteiger partial charge is 0.462 e. The Labute approximate surface area is 149 Å². The summed E-state index contributed by atoms with van der Waals surface area (Å²) in [6.45, 7) is 10.2. The van der Waals surface area contributed by atoms with E-state index in [1.807, 2.05) is 32.1 Å². The quantitative estimate of drug-likeness (QED) is 0.795. The lowest BCUT2D eigenvalue weighted by Gasteiger charge is -2.12. The molecule has 0 saturated heterocycles. The molecular weight excluding hydrogens is 320 g/mol. The van der Waals surface area contributed by atoms with Crippen molar-refractivity contribution in [2.75, 3.05) is 11.9 Å². The second-order valence-corrected chi connectivity index (χ2v) is 4.84. The van der Waals surface area contributed by atoms with Crippen molar-refractivity contribution in [2.24, 2.45) is 5.73 Å². The van der Waals surface area contributed by atoms with Crippen LogP contribution in [-0.4, -0.2) is 28.4 Å². The summed E-state index contributed by atoms with van der Waals surface area (Å²) in [4.78, 5) is 23.0. The van der Waals surface area contributed by atoms with E-state index < -0.39 is 12.0 Å². The molecule has 1 aromatic heterocycles. The summed E-state index contributed by atoms with van der Waals surface area (Å²) in [5.74, 6) is -0.336. The molecule has 25 heavy (non-hydrogen) atoms. The van der Waals surface area contributed by atoms with Gasteiger partial charge in [-0.1, -0.05) is 46.3 Å². The number of urea groups is 1. The van der Waals surface area contributed by atoms with Crippen LogP contribution in [0, 0.1) is 0 Å². The van der Waals surface area contributed by atoms with Crippen LogP contribution in [0.4, 0.5) is 10.6 Å². The minimum absolute atomic E-state index is 0.172. The van der Waals surface area contributed by atoms with E-state index in [9.17, 15) is 9.59 Å². The van der Waals surface area contributed by atoms with E-state index in [0.717, 1.165) is 18.5 Å². The third kappa shape index (κ3) is 7.24. The van der Waals surface area contributed by atoms with Crippen molar-refractivity contribution in [3.05, 3.63) is 30.0 Å². The molecule has 1 heterocycles. The molecule has 0 saturated carbocycles. The molecule has 0 aliphatic heterocycles. The second-order valence-electron chi connectivity index (χ2n) is 4.84. The number of allylic oxidation sites excluding steroid dienone is 4. The van der Waals surface area contributed by atoms with Crippen molar-refractivity contribution in [3.63, 3.8) is 0 Å². The maximum absolute atomic E-state index is 11.8. The van der Waals surface area contributed by atoms with Crippen molar-refractivity contribution >= 4 is 23.5 Å². The van der Waals surface area contributed by atoms with Gasteiger partial charge in [0.15, 0.2) is 5.82 Å². The van der Waals surface area contributed by atoms with Crippen molar-refractivity contribution in [2.45, 2.75) is 53.9 Å². The van der Waals surface area contributed by atoms with E-state index in [1.165, 1.54) is 17.3 Å². The standard InChI is InChI=1S/C13H16N4O3.C3H8.C2H6/c1-2-20-12(18)10-8-15-17(11(10)16-13(14)19)9-6-4-3-5-7-9;1-3-2;1-2/h4,6-8H,2-3,5H2,1H3,(H3,14,16,19);3H2,1-2H3;1-2H3. The van der Waals surface area contributed by atoms with E-state index in [-0.39, 0.29) is 18.0 Å². The summed E-state index contributed by atoms with van der Waals surface area (Å²) < 4.78 is 6.39. The number of carbonyl (C=O) groups is 2. The fourth-order valence-electron chi connectivity index (χ4n) is 1.90. The molecule has 1 aromatic rings. The molecule has 0 spiro atoms. The zero-order valence-electron chi connectivity index (χ0n) is 15.8. The molecule has 7 heteroatoms. The zero-order chi connectivity index (χ0) is 19.2. The molecule has 0 fully saturated rings. The number of primary amides is 1. The first-order valence-electron chi connectivity index (χ1n) is 8.73. The number of nitrogens with zero attached hydrogens (tertiary/aromatic N) is 2. The summed E-state index contributed by atoms with van der Waals surface area (Å²) in [7, 11) is 0. The van der Waals surface area contributed by atoms with Crippen LogP contribution in [0.1, 0.15) is 64.2 Å². The van der Waals surface area contributed by atoms with E-state index in [1.54, 1.807) is 6.92 Å². The molecule has 0 bridgehead atoms. The van der Waals surface area contributed by atoms with Gasteiger partial charge < -0.3 is 10.5 Å². The van der Waals surface area contributed by atoms with Gasteiger partial charge in [-0.05, 0) is 25.8 Å². The number of aromatic nitrogens is 2. The summed E-state index contributed by atoms with van der Waals surface area (Å²) >= 11 is 0. The topological polar surface area (TPSA) is 99.2 Å². The van der Waals surface area contributed by atoms with Crippen LogP contribution < -0.4 is 11.1 Å². The molecule has 0 unspecified atom stereocenters. The van der Waals surface area contributed by atoms with Crippen LogP contribution >= 0.6 is 0 Å². The van der Waals surface area contributed by atoms with Gasteiger partial charge in [-0.2, -0.15) is 5.10 Å². The van der Waals surface area contributed by atoms with Crippen LogP contribution in [0.15, 0.2) is 24.4 Å². The van der Waals surface area contributed by atoms with Crippen molar-refractivity contribution in [3.8, 4) is 0 Å². The van der Waals surface area contributed by atoms with Crippen LogP contribution in [0.25, 0.3) is 5.70 Å². The summed E-state index contributed by atoms with van der Waals surface area (Å²) in [5, 5.41) is 6.54. The molecule has 2 amide bonds. The molecule has 0 atom stereocenters. The van der Waals surface area contributed by atoms with Gasteiger partial charge in [0, 0.05) is 0 Å². The molecule has 1 aliphatic rings. The highest BCUT2D eigenvalue weighted by atomic mass is 16.5. The summed E-state index contributed by atoms with van der Waals surface area (Å²) in [6.07, 6.45) is 10.3. The lowest BCUT2D eigenvalue weighted by molar-refractivity contribution is 0.0527.